The highest BCUT2D eigenvalue weighted by atomic mass is 16.2. The highest BCUT2D eigenvalue weighted by Gasteiger charge is 2.19. The first-order valence-corrected chi connectivity index (χ1v) is 11.1. The number of likely N-dealkylation sites (tertiary alicyclic amines) is 1. The second kappa shape index (κ2) is 10.9. The largest absolute Gasteiger partial charge is 0.344 e. The smallest absolute Gasteiger partial charge is 0.313 e. The predicted octanol–water partition coefficient (Wildman–Crippen LogP) is 3.44. The molecule has 0 aliphatic carbocycles. The molecule has 170 valence electrons. The van der Waals surface area contributed by atoms with Gasteiger partial charge in [-0.2, -0.15) is 0 Å². The van der Waals surface area contributed by atoms with Crippen LogP contribution in [-0.2, 0) is 27.5 Å². The summed E-state index contributed by atoms with van der Waals surface area (Å²) in [6, 6.07) is 13.2. The van der Waals surface area contributed by atoms with E-state index in [0.29, 0.717) is 22.9 Å². The van der Waals surface area contributed by atoms with Gasteiger partial charge in [-0.15, -0.1) is 0 Å². The van der Waals surface area contributed by atoms with Gasteiger partial charge in [0.05, 0.1) is 0 Å². The third kappa shape index (κ3) is 6.40. The molecule has 3 rings (SSSR count). The van der Waals surface area contributed by atoms with Crippen LogP contribution in [0.2, 0.25) is 0 Å². The molecule has 1 aliphatic heterocycles. The van der Waals surface area contributed by atoms with Crippen LogP contribution < -0.4 is 16.0 Å². The summed E-state index contributed by atoms with van der Waals surface area (Å²) in [5.41, 5.74) is 3.94. The van der Waals surface area contributed by atoms with Gasteiger partial charge in [0.15, 0.2) is 0 Å². The molecule has 3 N–H and O–H groups in total. The van der Waals surface area contributed by atoms with Gasteiger partial charge in [-0.05, 0) is 61.1 Å². The zero-order valence-corrected chi connectivity index (χ0v) is 19.0. The summed E-state index contributed by atoms with van der Waals surface area (Å²) >= 11 is 0. The lowest BCUT2D eigenvalue weighted by Gasteiger charge is -2.31. The highest BCUT2D eigenvalue weighted by Crippen LogP contribution is 2.23. The molecule has 7 heteroatoms. The lowest BCUT2D eigenvalue weighted by atomic mass is 9.99. The van der Waals surface area contributed by atoms with Gasteiger partial charge in [0.1, 0.15) is 0 Å². The number of nitrogens with one attached hydrogen (secondary N) is 3. The van der Waals surface area contributed by atoms with Gasteiger partial charge >= 0.3 is 11.8 Å². The Morgan fingerprint density at radius 3 is 2.34 bits per heavy atom. The maximum absolute atomic E-state index is 12.4. The molecule has 0 aromatic heterocycles. The molecule has 2 aromatic carbocycles. The third-order valence-electron chi connectivity index (χ3n) is 5.79. The van der Waals surface area contributed by atoms with E-state index in [0.717, 1.165) is 25.2 Å². The molecule has 1 heterocycles. The van der Waals surface area contributed by atoms with E-state index in [1.54, 1.807) is 25.1 Å². The zero-order valence-electron chi connectivity index (χ0n) is 19.0. The van der Waals surface area contributed by atoms with Crippen molar-refractivity contribution in [2.24, 2.45) is 5.92 Å². The minimum atomic E-state index is -0.740. The summed E-state index contributed by atoms with van der Waals surface area (Å²) in [7, 11) is 0. The maximum atomic E-state index is 12.4. The summed E-state index contributed by atoms with van der Waals surface area (Å²) in [5.74, 6) is -0.940. The molecular weight excluding hydrogens is 404 g/mol. The number of carbonyl (C=O) groups is 3. The Balaban J connectivity index is 1.59. The number of carbonyl (C=O) groups excluding carboxylic acids is 3. The molecule has 7 nitrogen and oxygen atoms in total. The summed E-state index contributed by atoms with van der Waals surface area (Å²) in [6.07, 6.45) is 2.49. The average Bonchev–Trinajstić information content (AvgIpc) is 2.75. The summed E-state index contributed by atoms with van der Waals surface area (Å²) in [5, 5.41) is 8.08. The third-order valence-corrected chi connectivity index (χ3v) is 5.79. The normalized spacial score (nSPS) is 16.3. The average molecular weight is 437 g/mol. The standard InChI is InChI=1S/C25H32N4O3/c1-17-8-7-13-29(15-17)16-21-10-5-4-9-20(21)14-26-24(31)25(32)28-23-12-6-11-22(18(23)2)27-19(3)30/h4-6,9-12,17H,7-8,13-16H2,1-3H3,(H,26,31)(H,27,30)(H,28,32). The van der Waals surface area contributed by atoms with E-state index >= 15 is 0 Å². The number of anilines is 2. The molecule has 1 atom stereocenters. The van der Waals surface area contributed by atoms with E-state index in [2.05, 4.69) is 33.8 Å². The Morgan fingerprint density at radius 2 is 1.66 bits per heavy atom. The minimum Gasteiger partial charge on any atom is -0.344 e. The van der Waals surface area contributed by atoms with E-state index in [9.17, 15) is 14.4 Å². The fourth-order valence-electron chi connectivity index (χ4n) is 4.09. The van der Waals surface area contributed by atoms with Crippen molar-refractivity contribution in [1.29, 1.82) is 0 Å². The van der Waals surface area contributed by atoms with Crippen LogP contribution >= 0.6 is 0 Å². The second-order valence-corrected chi connectivity index (χ2v) is 8.55. The Morgan fingerprint density at radius 1 is 0.969 bits per heavy atom. The number of nitrogens with zero attached hydrogens (tertiary/aromatic N) is 1. The van der Waals surface area contributed by atoms with Crippen LogP contribution in [0.15, 0.2) is 42.5 Å². The van der Waals surface area contributed by atoms with Crippen LogP contribution in [0, 0.1) is 12.8 Å². The van der Waals surface area contributed by atoms with Gasteiger partial charge in [-0.25, -0.2) is 0 Å². The van der Waals surface area contributed by atoms with Crippen LogP contribution in [0.4, 0.5) is 11.4 Å². The van der Waals surface area contributed by atoms with Gasteiger partial charge in [-0.3, -0.25) is 19.3 Å². The Bertz CT molecular complexity index is 989. The molecule has 1 saturated heterocycles. The number of hydrogen-bond donors (Lipinski definition) is 3. The van der Waals surface area contributed by atoms with Gasteiger partial charge in [-0.1, -0.05) is 37.3 Å². The van der Waals surface area contributed by atoms with Crippen molar-refractivity contribution in [3.8, 4) is 0 Å². The van der Waals surface area contributed by atoms with E-state index < -0.39 is 11.8 Å². The molecule has 1 unspecified atom stereocenters. The number of hydrogen-bond acceptors (Lipinski definition) is 4. The van der Waals surface area contributed by atoms with Crippen LogP contribution in [0.25, 0.3) is 0 Å². The first-order valence-electron chi connectivity index (χ1n) is 11.1. The Labute approximate surface area is 189 Å². The SMILES string of the molecule is CC(=O)Nc1cccc(NC(=O)C(=O)NCc2ccccc2CN2CCCC(C)C2)c1C. The monoisotopic (exact) mass is 436 g/mol. The highest BCUT2D eigenvalue weighted by molar-refractivity contribution is 6.39. The number of piperidine rings is 1. The van der Waals surface area contributed by atoms with Gasteiger partial charge in [0.25, 0.3) is 0 Å². The molecule has 0 saturated carbocycles. The first-order chi connectivity index (χ1) is 15.3. The van der Waals surface area contributed by atoms with Crippen molar-refractivity contribution in [1.82, 2.24) is 10.2 Å². The van der Waals surface area contributed by atoms with Crippen molar-refractivity contribution in [3.05, 3.63) is 59.2 Å². The molecule has 2 aromatic rings. The van der Waals surface area contributed by atoms with Gasteiger partial charge < -0.3 is 16.0 Å². The molecule has 1 fully saturated rings. The lowest BCUT2D eigenvalue weighted by Crippen LogP contribution is -2.36. The zero-order chi connectivity index (χ0) is 23.1. The predicted molar refractivity (Wildman–Crippen MR) is 126 cm³/mol. The summed E-state index contributed by atoms with van der Waals surface area (Å²) in [4.78, 5) is 38.7. The first kappa shape index (κ1) is 23.5. The van der Waals surface area contributed by atoms with Crippen LogP contribution in [-0.4, -0.2) is 35.7 Å². The molecule has 0 bridgehead atoms. The molecular formula is C25H32N4O3. The lowest BCUT2D eigenvalue weighted by molar-refractivity contribution is -0.136. The van der Waals surface area contributed by atoms with Crippen LogP contribution in [0.3, 0.4) is 0 Å². The van der Waals surface area contributed by atoms with E-state index in [-0.39, 0.29) is 12.5 Å². The van der Waals surface area contributed by atoms with Gasteiger partial charge in [0.2, 0.25) is 5.91 Å². The Hall–Kier alpha value is -3.19. The molecule has 3 amide bonds. The minimum absolute atomic E-state index is 0.202. The van der Waals surface area contributed by atoms with Crippen molar-refractivity contribution in [3.63, 3.8) is 0 Å². The fraction of sp³-hybridized carbons (Fsp3) is 0.400. The quantitative estimate of drug-likeness (QED) is 0.605. The van der Waals surface area contributed by atoms with Crippen molar-refractivity contribution < 1.29 is 14.4 Å². The molecule has 32 heavy (non-hydrogen) atoms. The number of amides is 3. The molecule has 1 aliphatic rings. The molecule has 0 spiro atoms. The van der Waals surface area contributed by atoms with Gasteiger partial charge in [0, 0.05) is 37.9 Å². The Kier molecular flexibility index (Phi) is 8.00. The van der Waals surface area contributed by atoms with Crippen molar-refractivity contribution in [2.45, 2.75) is 46.7 Å². The fourth-order valence-corrected chi connectivity index (χ4v) is 4.09. The maximum Gasteiger partial charge on any atom is 0.313 e. The summed E-state index contributed by atoms with van der Waals surface area (Å²) < 4.78 is 0. The van der Waals surface area contributed by atoms with Crippen LogP contribution in [0.1, 0.15) is 43.4 Å². The van der Waals surface area contributed by atoms with E-state index in [1.807, 2.05) is 18.2 Å². The van der Waals surface area contributed by atoms with E-state index in [4.69, 9.17) is 0 Å². The van der Waals surface area contributed by atoms with Crippen LogP contribution in [0.5, 0.6) is 0 Å². The number of benzene rings is 2. The topological polar surface area (TPSA) is 90.5 Å². The van der Waals surface area contributed by atoms with E-state index in [1.165, 1.54) is 25.3 Å². The molecule has 0 radical (unpaired) electrons. The second-order valence-electron chi connectivity index (χ2n) is 8.55. The number of rotatable bonds is 6. The van der Waals surface area contributed by atoms with Crippen molar-refractivity contribution >= 4 is 29.1 Å². The summed E-state index contributed by atoms with van der Waals surface area (Å²) in [6.45, 7) is 8.78. The van der Waals surface area contributed by atoms with Crippen molar-refractivity contribution in [2.75, 3.05) is 23.7 Å².